The van der Waals surface area contributed by atoms with Gasteiger partial charge in [0.25, 0.3) is 10.0 Å². The van der Waals surface area contributed by atoms with Crippen molar-refractivity contribution in [2.24, 2.45) is 0 Å². The minimum absolute atomic E-state index is 0.00987. The number of nitrogens with zero attached hydrogens (tertiary/aromatic N) is 3. The van der Waals surface area contributed by atoms with Crippen molar-refractivity contribution in [3.63, 3.8) is 0 Å². The number of sulfonamides is 1. The molecule has 1 aliphatic rings. The van der Waals surface area contributed by atoms with Gasteiger partial charge in [0.15, 0.2) is 0 Å². The van der Waals surface area contributed by atoms with Crippen LogP contribution in [0.5, 0.6) is 0 Å². The van der Waals surface area contributed by atoms with E-state index in [0.717, 1.165) is 17.4 Å². The molecule has 2 aromatic heterocycles. The topological polar surface area (TPSA) is 115 Å². The van der Waals surface area contributed by atoms with Crippen molar-refractivity contribution in [1.82, 2.24) is 15.0 Å². The van der Waals surface area contributed by atoms with Crippen molar-refractivity contribution < 1.29 is 26.9 Å². The number of anilines is 1. The van der Waals surface area contributed by atoms with E-state index in [-0.39, 0.29) is 21.6 Å². The first-order chi connectivity index (χ1) is 14.3. The third-order valence-corrected chi connectivity index (χ3v) is 7.25. The Labute approximate surface area is 175 Å². The second-order valence-electron chi connectivity index (χ2n) is 6.55. The number of aromatic nitrogens is 2. The number of carbonyl (C=O) groups excluding carboxylic acids is 1. The smallest absolute Gasteiger partial charge is 0.316 e. The molecule has 158 valence electrons. The van der Waals surface area contributed by atoms with Gasteiger partial charge in [-0.3, -0.25) is 9.52 Å². The van der Waals surface area contributed by atoms with Crippen molar-refractivity contribution in [2.75, 3.05) is 31.0 Å². The van der Waals surface area contributed by atoms with Crippen LogP contribution in [0.3, 0.4) is 0 Å². The standard InChI is InChI=1S/C18H17FN4O5S2/c1-11-2-3-13(9-14(11)19)22-30(25,26)15-8-12(10-29-15)16-20-17(28-21-16)18(24)23-4-6-27-7-5-23/h2-3,8-10,22H,4-7H2,1H3. The highest BCUT2D eigenvalue weighted by Gasteiger charge is 2.25. The first-order valence-corrected chi connectivity index (χ1v) is 11.3. The summed E-state index contributed by atoms with van der Waals surface area (Å²) in [6.07, 6.45) is 0. The molecule has 0 spiro atoms. The Morgan fingerprint density at radius 1 is 1.27 bits per heavy atom. The Morgan fingerprint density at radius 3 is 2.77 bits per heavy atom. The number of carbonyl (C=O) groups is 1. The lowest BCUT2D eigenvalue weighted by Crippen LogP contribution is -2.40. The maximum absolute atomic E-state index is 13.7. The van der Waals surface area contributed by atoms with Gasteiger partial charge in [-0.1, -0.05) is 11.2 Å². The molecule has 9 nitrogen and oxygen atoms in total. The van der Waals surface area contributed by atoms with E-state index in [2.05, 4.69) is 14.9 Å². The summed E-state index contributed by atoms with van der Waals surface area (Å²) in [6, 6.07) is 5.45. The second kappa shape index (κ2) is 8.13. The maximum Gasteiger partial charge on any atom is 0.316 e. The zero-order chi connectivity index (χ0) is 21.3. The van der Waals surface area contributed by atoms with Gasteiger partial charge in [-0.25, -0.2) is 12.8 Å². The first kappa shape index (κ1) is 20.4. The van der Waals surface area contributed by atoms with Gasteiger partial charge in [0.05, 0.1) is 18.9 Å². The molecule has 0 radical (unpaired) electrons. The van der Waals surface area contributed by atoms with Crippen LogP contribution in [-0.2, 0) is 14.8 Å². The van der Waals surface area contributed by atoms with Crippen LogP contribution in [0.2, 0.25) is 0 Å². The molecule has 12 heteroatoms. The Kier molecular flexibility index (Phi) is 5.54. The zero-order valence-electron chi connectivity index (χ0n) is 15.8. The molecule has 1 N–H and O–H groups in total. The molecular weight excluding hydrogens is 435 g/mol. The summed E-state index contributed by atoms with van der Waals surface area (Å²) < 4.78 is 51.5. The third-order valence-electron chi connectivity index (χ3n) is 4.43. The number of nitrogens with one attached hydrogen (secondary N) is 1. The molecule has 1 saturated heterocycles. The van der Waals surface area contributed by atoms with Gasteiger partial charge in [0.2, 0.25) is 5.82 Å². The fraction of sp³-hybridized carbons (Fsp3) is 0.278. The maximum atomic E-state index is 13.7. The van der Waals surface area contributed by atoms with Crippen molar-refractivity contribution >= 4 is 33.0 Å². The van der Waals surface area contributed by atoms with Crippen LogP contribution in [-0.4, -0.2) is 55.7 Å². The summed E-state index contributed by atoms with van der Waals surface area (Å²) in [6.45, 7) is 3.33. The molecule has 30 heavy (non-hydrogen) atoms. The molecule has 1 aliphatic heterocycles. The highest BCUT2D eigenvalue weighted by atomic mass is 32.2. The lowest BCUT2D eigenvalue weighted by atomic mass is 10.2. The normalized spacial score (nSPS) is 14.7. The van der Waals surface area contributed by atoms with Gasteiger partial charge in [0, 0.05) is 24.0 Å². The van der Waals surface area contributed by atoms with Gasteiger partial charge < -0.3 is 14.2 Å². The van der Waals surface area contributed by atoms with E-state index in [1.807, 2.05) is 0 Å². The summed E-state index contributed by atoms with van der Waals surface area (Å²) in [7, 11) is -3.93. The van der Waals surface area contributed by atoms with E-state index in [1.54, 1.807) is 11.8 Å². The number of ether oxygens (including phenoxy) is 1. The van der Waals surface area contributed by atoms with Crippen LogP contribution in [0.25, 0.3) is 11.4 Å². The fourth-order valence-electron chi connectivity index (χ4n) is 2.77. The summed E-state index contributed by atoms with van der Waals surface area (Å²) in [5, 5.41) is 5.32. The van der Waals surface area contributed by atoms with Gasteiger partial charge in [-0.2, -0.15) is 4.98 Å². The van der Waals surface area contributed by atoms with Crippen LogP contribution in [0, 0.1) is 12.7 Å². The molecule has 0 saturated carbocycles. The van der Waals surface area contributed by atoms with E-state index in [4.69, 9.17) is 9.26 Å². The summed E-state index contributed by atoms with van der Waals surface area (Å²) in [5.74, 6) is -0.976. The van der Waals surface area contributed by atoms with Crippen LogP contribution >= 0.6 is 11.3 Å². The molecule has 3 aromatic rings. The lowest BCUT2D eigenvalue weighted by molar-refractivity contribution is 0.0272. The number of thiophene rings is 1. The summed E-state index contributed by atoms with van der Waals surface area (Å²) >= 11 is 0.946. The molecule has 1 amide bonds. The Morgan fingerprint density at radius 2 is 2.03 bits per heavy atom. The average Bonchev–Trinajstić information content (AvgIpc) is 3.40. The van der Waals surface area contributed by atoms with Crippen LogP contribution < -0.4 is 4.72 Å². The number of rotatable bonds is 5. The zero-order valence-corrected chi connectivity index (χ0v) is 17.4. The monoisotopic (exact) mass is 452 g/mol. The minimum atomic E-state index is -3.93. The van der Waals surface area contributed by atoms with E-state index in [1.165, 1.54) is 23.6 Å². The number of hydrogen-bond donors (Lipinski definition) is 1. The van der Waals surface area contributed by atoms with E-state index < -0.39 is 21.7 Å². The number of aryl methyl sites for hydroxylation is 1. The highest BCUT2D eigenvalue weighted by molar-refractivity contribution is 7.94. The van der Waals surface area contributed by atoms with Gasteiger partial charge >= 0.3 is 11.8 Å². The number of hydrogen-bond acceptors (Lipinski definition) is 8. The largest absolute Gasteiger partial charge is 0.378 e. The predicted octanol–water partition coefficient (Wildman–Crippen LogP) is 2.52. The van der Waals surface area contributed by atoms with Crippen LogP contribution in [0.15, 0.2) is 38.4 Å². The van der Waals surface area contributed by atoms with E-state index in [0.29, 0.717) is 37.4 Å². The highest BCUT2D eigenvalue weighted by Crippen LogP contribution is 2.28. The minimum Gasteiger partial charge on any atom is -0.378 e. The molecule has 1 aromatic carbocycles. The second-order valence-corrected chi connectivity index (χ2v) is 9.37. The molecule has 0 aliphatic carbocycles. The van der Waals surface area contributed by atoms with Crippen LogP contribution in [0.4, 0.5) is 10.1 Å². The average molecular weight is 452 g/mol. The Hall–Kier alpha value is -2.83. The molecule has 0 bridgehead atoms. The molecular formula is C18H17FN4O5S2. The lowest BCUT2D eigenvalue weighted by Gasteiger charge is -2.25. The van der Waals surface area contributed by atoms with Crippen molar-refractivity contribution in [1.29, 1.82) is 0 Å². The summed E-state index contributed by atoms with van der Waals surface area (Å²) in [5.41, 5.74) is 0.919. The van der Waals surface area contributed by atoms with Gasteiger partial charge in [-0.15, -0.1) is 11.3 Å². The van der Waals surface area contributed by atoms with Crippen molar-refractivity contribution in [3.05, 3.63) is 46.9 Å². The fourth-order valence-corrected chi connectivity index (χ4v) is 4.97. The number of benzene rings is 1. The first-order valence-electron chi connectivity index (χ1n) is 8.92. The van der Waals surface area contributed by atoms with Gasteiger partial charge in [0.1, 0.15) is 10.0 Å². The van der Waals surface area contributed by atoms with Gasteiger partial charge in [-0.05, 0) is 30.7 Å². The van der Waals surface area contributed by atoms with Crippen molar-refractivity contribution in [2.45, 2.75) is 11.1 Å². The number of morpholine rings is 1. The molecule has 0 atom stereocenters. The third kappa shape index (κ3) is 4.20. The molecule has 1 fully saturated rings. The van der Waals surface area contributed by atoms with E-state index >= 15 is 0 Å². The number of amides is 1. The van der Waals surface area contributed by atoms with E-state index in [9.17, 15) is 17.6 Å². The molecule has 0 unspecified atom stereocenters. The molecule has 4 rings (SSSR count). The Balaban J connectivity index is 1.51. The SMILES string of the molecule is Cc1ccc(NS(=O)(=O)c2cc(-c3noc(C(=O)N4CCOCC4)n3)cs2)cc1F. The molecule has 3 heterocycles. The van der Waals surface area contributed by atoms with Crippen molar-refractivity contribution in [3.8, 4) is 11.4 Å². The number of halogens is 1. The summed E-state index contributed by atoms with van der Waals surface area (Å²) in [4.78, 5) is 18.0. The Bertz CT molecular complexity index is 1180. The predicted molar refractivity (Wildman–Crippen MR) is 106 cm³/mol. The quantitative estimate of drug-likeness (QED) is 0.633. The van der Waals surface area contributed by atoms with Crippen LogP contribution in [0.1, 0.15) is 16.2 Å².